The fourth-order valence-electron chi connectivity index (χ4n) is 3.99. The second-order valence-corrected chi connectivity index (χ2v) is 8.68. The molecule has 34 heavy (non-hydrogen) atoms. The van der Waals surface area contributed by atoms with Gasteiger partial charge in [-0.25, -0.2) is 9.79 Å². The molecule has 0 saturated heterocycles. The zero-order valence-corrected chi connectivity index (χ0v) is 19.7. The summed E-state index contributed by atoms with van der Waals surface area (Å²) in [4.78, 5) is 31.6. The maximum atomic E-state index is 13.3. The predicted octanol–water partition coefficient (Wildman–Crippen LogP) is 2.64. The van der Waals surface area contributed by atoms with Gasteiger partial charge < -0.3 is 18.9 Å². The SMILES string of the molecule is CCOC(=O)C1=C(C)n2c(s/c(=C\c3ccc(OC)cc3)c2=O)=N[C@H]1c1ccc2c(c1)OCO2. The van der Waals surface area contributed by atoms with Gasteiger partial charge in [-0.15, -0.1) is 0 Å². The van der Waals surface area contributed by atoms with Crippen molar-refractivity contribution in [3.63, 3.8) is 0 Å². The molecule has 9 heteroatoms. The van der Waals surface area contributed by atoms with Crippen LogP contribution in [0.3, 0.4) is 0 Å². The highest BCUT2D eigenvalue weighted by molar-refractivity contribution is 7.07. The number of esters is 1. The van der Waals surface area contributed by atoms with E-state index in [4.69, 9.17) is 23.9 Å². The van der Waals surface area contributed by atoms with E-state index < -0.39 is 12.0 Å². The van der Waals surface area contributed by atoms with E-state index in [9.17, 15) is 9.59 Å². The second-order valence-electron chi connectivity index (χ2n) is 7.67. The quantitative estimate of drug-likeness (QED) is 0.524. The van der Waals surface area contributed by atoms with Crippen molar-refractivity contribution in [1.82, 2.24) is 4.57 Å². The Morgan fingerprint density at radius 3 is 2.71 bits per heavy atom. The molecule has 174 valence electrons. The number of methoxy groups -OCH3 is 1. The third kappa shape index (κ3) is 3.77. The summed E-state index contributed by atoms with van der Waals surface area (Å²) in [6, 6.07) is 12.2. The number of nitrogens with zero attached hydrogens (tertiary/aromatic N) is 2. The Hall–Kier alpha value is -3.85. The number of aromatic nitrogens is 1. The molecular formula is C25H22N2O6S. The molecule has 1 aromatic heterocycles. The third-order valence-electron chi connectivity index (χ3n) is 5.67. The van der Waals surface area contributed by atoms with Crippen LogP contribution in [0.1, 0.15) is 31.0 Å². The fraction of sp³-hybridized carbons (Fsp3) is 0.240. The molecule has 0 spiro atoms. The number of rotatable bonds is 5. The summed E-state index contributed by atoms with van der Waals surface area (Å²) < 4.78 is 23.4. The van der Waals surface area contributed by atoms with E-state index in [-0.39, 0.29) is 19.0 Å². The number of hydrogen-bond acceptors (Lipinski definition) is 8. The number of thiazole rings is 1. The van der Waals surface area contributed by atoms with E-state index in [0.717, 1.165) is 16.9 Å². The standard InChI is InChI=1S/C25H22N2O6S/c1-4-31-24(29)21-14(2)27-23(28)20(11-15-5-8-17(30-3)9-6-15)34-25(27)26-22(21)16-7-10-18-19(12-16)33-13-32-18/h5-12,22H,4,13H2,1-3H3/b20-11-/t22-/m0/s1. The van der Waals surface area contributed by atoms with E-state index in [2.05, 4.69) is 0 Å². The van der Waals surface area contributed by atoms with Gasteiger partial charge in [-0.05, 0) is 55.3 Å². The van der Waals surface area contributed by atoms with Crippen LogP contribution in [0.5, 0.6) is 17.2 Å². The molecule has 2 aliphatic rings. The maximum absolute atomic E-state index is 13.3. The Kier molecular flexibility index (Phi) is 5.70. The van der Waals surface area contributed by atoms with Crippen LogP contribution >= 0.6 is 11.3 Å². The minimum absolute atomic E-state index is 0.148. The first kappa shape index (κ1) is 22.0. The van der Waals surface area contributed by atoms with Crippen LogP contribution in [0.15, 0.2) is 57.8 Å². The van der Waals surface area contributed by atoms with Gasteiger partial charge >= 0.3 is 5.97 Å². The van der Waals surface area contributed by atoms with Crippen LogP contribution in [0.25, 0.3) is 11.8 Å². The molecular weight excluding hydrogens is 456 g/mol. The van der Waals surface area contributed by atoms with Crippen LogP contribution in [-0.2, 0) is 9.53 Å². The molecule has 0 saturated carbocycles. The number of allylic oxidation sites excluding steroid dienone is 1. The molecule has 0 aliphatic carbocycles. The van der Waals surface area contributed by atoms with Crippen molar-refractivity contribution < 1.29 is 23.7 Å². The molecule has 0 amide bonds. The summed E-state index contributed by atoms with van der Waals surface area (Å²) in [5.74, 6) is 1.47. The molecule has 2 aliphatic heterocycles. The second kappa shape index (κ2) is 8.83. The van der Waals surface area contributed by atoms with Crippen molar-refractivity contribution in [2.45, 2.75) is 19.9 Å². The van der Waals surface area contributed by atoms with Crippen molar-refractivity contribution >= 4 is 29.1 Å². The van der Waals surface area contributed by atoms with E-state index in [1.807, 2.05) is 36.4 Å². The Morgan fingerprint density at radius 1 is 1.21 bits per heavy atom. The highest BCUT2D eigenvalue weighted by Gasteiger charge is 2.32. The summed E-state index contributed by atoms with van der Waals surface area (Å²) in [6.45, 7) is 3.85. The fourth-order valence-corrected chi connectivity index (χ4v) is 5.03. The van der Waals surface area contributed by atoms with Gasteiger partial charge in [0, 0.05) is 5.70 Å². The van der Waals surface area contributed by atoms with Gasteiger partial charge in [0.2, 0.25) is 6.79 Å². The van der Waals surface area contributed by atoms with Crippen molar-refractivity contribution in [1.29, 1.82) is 0 Å². The zero-order chi connectivity index (χ0) is 23.8. The molecule has 5 rings (SSSR count). The molecule has 0 bridgehead atoms. The van der Waals surface area contributed by atoms with Crippen LogP contribution in [0.4, 0.5) is 0 Å². The molecule has 0 unspecified atom stereocenters. The summed E-state index contributed by atoms with van der Waals surface area (Å²) in [5.41, 5.74) is 2.20. The number of ether oxygens (including phenoxy) is 4. The van der Waals surface area contributed by atoms with Crippen LogP contribution in [0.2, 0.25) is 0 Å². The van der Waals surface area contributed by atoms with Gasteiger partial charge in [0.1, 0.15) is 11.8 Å². The number of carbonyl (C=O) groups is 1. The monoisotopic (exact) mass is 478 g/mol. The summed E-state index contributed by atoms with van der Waals surface area (Å²) in [5, 5.41) is 0. The van der Waals surface area contributed by atoms with Gasteiger partial charge in [0.25, 0.3) is 5.56 Å². The Balaban J connectivity index is 1.67. The van der Waals surface area contributed by atoms with Gasteiger partial charge in [0.05, 0.1) is 23.8 Å². The number of carbonyl (C=O) groups excluding carboxylic acids is 1. The lowest BCUT2D eigenvalue weighted by Crippen LogP contribution is -2.35. The maximum Gasteiger partial charge on any atom is 0.338 e. The van der Waals surface area contributed by atoms with Gasteiger partial charge in [-0.3, -0.25) is 9.36 Å². The van der Waals surface area contributed by atoms with E-state index in [1.54, 1.807) is 33.1 Å². The average Bonchev–Trinajstić information content (AvgIpc) is 3.43. The van der Waals surface area contributed by atoms with Crippen molar-refractivity contribution in [2.75, 3.05) is 20.5 Å². The molecule has 3 aromatic rings. The van der Waals surface area contributed by atoms with E-state index in [0.29, 0.717) is 32.1 Å². The number of fused-ring (bicyclic) bond motifs is 2. The number of hydrogen-bond donors (Lipinski definition) is 0. The lowest BCUT2D eigenvalue weighted by Gasteiger charge is -2.22. The van der Waals surface area contributed by atoms with E-state index >= 15 is 0 Å². The summed E-state index contributed by atoms with van der Waals surface area (Å²) in [6.07, 6.45) is 1.81. The minimum Gasteiger partial charge on any atom is -0.497 e. The molecule has 0 fully saturated rings. The normalized spacial score (nSPS) is 16.8. The Bertz CT molecular complexity index is 1480. The zero-order valence-electron chi connectivity index (χ0n) is 18.9. The molecule has 0 radical (unpaired) electrons. The van der Waals surface area contributed by atoms with Crippen molar-refractivity contribution in [2.24, 2.45) is 4.99 Å². The summed E-state index contributed by atoms with van der Waals surface area (Å²) in [7, 11) is 1.60. The van der Waals surface area contributed by atoms with Gasteiger partial charge in [-0.2, -0.15) is 0 Å². The molecule has 0 N–H and O–H groups in total. The topological polar surface area (TPSA) is 88.4 Å². The molecule has 2 aromatic carbocycles. The average molecular weight is 479 g/mol. The third-order valence-corrected chi connectivity index (χ3v) is 6.65. The Labute approximate surface area is 199 Å². The van der Waals surface area contributed by atoms with Crippen LogP contribution in [-0.4, -0.2) is 31.0 Å². The highest BCUT2D eigenvalue weighted by Crippen LogP contribution is 2.38. The van der Waals surface area contributed by atoms with Crippen molar-refractivity contribution in [3.05, 3.63) is 78.9 Å². The molecule has 1 atom stereocenters. The highest BCUT2D eigenvalue weighted by atomic mass is 32.1. The largest absolute Gasteiger partial charge is 0.497 e. The van der Waals surface area contributed by atoms with Gasteiger partial charge in [0.15, 0.2) is 16.3 Å². The Morgan fingerprint density at radius 2 is 1.97 bits per heavy atom. The van der Waals surface area contributed by atoms with Crippen LogP contribution in [0, 0.1) is 0 Å². The molecule has 3 heterocycles. The summed E-state index contributed by atoms with van der Waals surface area (Å²) >= 11 is 1.28. The smallest absolute Gasteiger partial charge is 0.338 e. The minimum atomic E-state index is -0.638. The first-order chi connectivity index (χ1) is 16.5. The van der Waals surface area contributed by atoms with Gasteiger partial charge in [-0.1, -0.05) is 29.5 Å². The van der Waals surface area contributed by atoms with Crippen molar-refractivity contribution in [3.8, 4) is 17.2 Å². The lowest BCUT2D eigenvalue weighted by atomic mass is 9.96. The first-order valence-corrected chi connectivity index (χ1v) is 11.5. The molecule has 8 nitrogen and oxygen atoms in total. The number of benzene rings is 2. The van der Waals surface area contributed by atoms with E-state index in [1.165, 1.54) is 15.9 Å². The van der Waals surface area contributed by atoms with Crippen LogP contribution < -0.4 is 29.1 Å². The first-order valence-electron chi connectivity index (χ1n) is 10.7. The predicted molar refractivity (Wildman–Crippen MR) is 127 cm³/mol. The lowest BCUT2D eigenvalue weighted by molar-refractivity contribution is -0.138.